The van der Waals surface area contributed by atoms with Crippen molar-refractivity contribution in [3.8, 4) is 0 Å². The van der Waals surface area contributed by atoms with Crippen molar-refractivity contribution < 1.29 is 14.6 Å². The first-order chi connectivity index (χ1) is 8.56. The van der Waals surface area contributed by atoms with E-state index >= 15 is 0 Å². The van der Waals surface area contributed by atoms with Crippen LogP contribution in [0.25, 0.3) is 0 Å². The molecule has 0 saturated carbocycles. The third kappa shape index (κ3) is 12.3. The molecule has 0 fully saturated rings. The topological polar surface area (TPSA) is 38.7 Å². The summed E-state index contributed by atoms with van der Waals surface area (Å²) in [4.78, 5) is 0. The largest absolute Gasteiger partial charge is 0.394 e. The number of unbranched alkanes of at least 4 members (excludes halogenated alkanes) is 3. The average molecular weight is 260 g/mol. The molecule has 0 amide bonds. The highest BCUT2D eigenvalue weighted by molar-refractivity contribution is 4.52. The summed E-state index contributed by atoms with van der Waals surface area (Å²) in [5.74, 6) is 0.826. The third-order valence-electron chi connectivity index (χ3n) is 2.95. The molecule has 0 aliphatic rings. The van der Waals surface area contributed by atoms with Crippen molar-refractivity contribution >= 4 is 0 Å². The molecule has 0 radical (unpaired) electrons. The fraction of sp³-hybridized carbons (Fsp3) is 1.00. The molecule has 0 aromatic rings. The highest BCUT2D eigenvalue weighted by Crippen LogP contribution is 2.09. The van der Waals surface area contributed by atoms with Crippen molar-refractivity contribution in [2.45, 2.75) is 72.0 Å². The lowest BCUT2D eigenvalue weighted by Gasteiger charge is -2.16. The van der Waals surface area contributed by atoms with E-state index in [1.54, 1.807) is 0 Å². The van der Waals surface area contributed by atoms with Crippen LogP contribution in [0, 0.1) is 5.92 Å². The maximum Gasteiger partial charge on any atom is 0.0780 e. The lowest BCUT2D eigenvalue weighted by atomic mass is 10.0. The molecule has 0 aliphatic heterocycles. The van der Waals surface area contributed by atoms with Gasteiger partial charge >= 0.3 is 0 Å². The molecule has 0 saturated heterocycles. The van der Waals surface area contributed by atoms with Gasteiger partial charge in [-0.3, -0.25) is 0 Å². The van der Waals surface area contributed by atoms with Gasteiger partial charge in [-0.1, -0.05) is 39.5 Å². The maximum atomic E-state index is 8.82. The zero-order chi connectivity index (χ0) is 13.8. The Kier molecular flexibility index (Phi) is 11.9. The van der Waals surface area contributed by atoms with Gasteiger partial charge < -0.3 is 14.6 Å². The number of hydrogen-bond donors (Lipinski definition) is 1. The van der Waals surface area contributed by atoms with Crippen LogP contribution >= 0.6 is 0 Å². The van der Waals surface area contributed by atoms with Crippen LogP contribution in [-0.4, -0.2) is 37.1 Å². The van der Waals surface area contributed by atoms with Gasteiger partial charge in [0.15, 0.2) is 0 Å². The second kappa shape index (κ2) is 11.9. The molecule has 0 bridgehead atoms. The highest BCUT2D eigenvalue weighted by atomic mass is 16.5. The van der Waals surface area contributed by atoms with Crippen molar-refractivity contribution in [2.75, 3.05) is 19.8 Å². The van der Waals surface area contributed by atoms with E-state index < -0.39 is 0 Å². The molecule has 0 heterocycles. The van der Waals surface area contributed by atoms with Crippen LogP contribution in [0.15, 0.2) is 0 Å². The van der Waals surface area contributed by atoms with E-state index in [2.05, 4.69) is 13.8 Å². The molecule has 0 rings (SSSR count). The van der Waals surface area contributed by atoms with Crippen LogP contribution in [0.3, 0.4) is 0 Å². The summed E-state index contributed by atoms with van der Waals surface area (Å²) in [5, 5.41) is 8.82. The molecule has 3 heteroatoms. The number of rotatable bonds is 12. The predicted octanol–water partition coefficient (Wildman–Crippen LogP) is 3.40. The first-order valence-electron chi connectivity index (χ1n) is 7.40. The van der Waals surface area contributed by atoms with Crippen LogP contribution in [0.5, 0.6) is 0 Å². The average Bonchev–Trinajstić information content (AvgIpc) is 2.34. The van der Waals surface area contributed by atoms with Crippen LogP contribution in [0.4, 0.5) is 0 Å². The summed E-state index contributed by atoms with van der Waals surface area (Å²) in [6.45, 7) is 9.89. The van der Waals surface area contributed by atoms with Crippen molar-refractivity contribution in [1.29, 1.82) is 0 Å². The Morgan fingerprint density at radius 3 is 2.11 bits per heavy atom. The number of hydrogen-bond acceptors (Lipinski definition) is 3. The van der Waals surface area contributed by atoms with E-state index in [-0.39, 0.29) is 18.8 Å². The number of aliphatic hydroxyl groups excluding tert-OH is 1. The highest BCUT2D eigenvalue weighted by Gasteiger charge is 2.05. The van der Waals surface area contributed by atoms with E-state index in [1.165, 1.54) is 25.7 Å². The summed E-state index contributed by atoms with van der Waals surface area (Å²) in [6, 6.07) is 0. The SMILES string of the molecule is CC(C)CCCCCCOC(C)COC(C)CO. The van der Waals surface area contributed by atoms with Gasteiger partial charge in [0.2, 0.25) is 0 Å². The molecule has 3 nitrogen and oxygen atoms in total. The number of aliphatic hydroxyl groups is 1. The second-order valence-corrected chi connectivity index (χ2v) is 5.60. The molecule has 0 aromatic carbocycles. The van der Waals surface area contributed by atoms with Gasteiger partial charge in [0.1, 0.15) is 0 Å². The Morgan fingerprint density at radius 2 is 1.50 bits per heavy atom. The maximum absolute atomic E-state index is 8.82. The minimum absolute atomic E-state index is 0.0720. The minimum Gasteiger partial charge on any atom is -0.394 e. The monoisotopic (exact) mass is 260 g/mol. The summed E-state index contributed by atoms with van der Waals surface area (Å²) in [5.41, 5.74) is 0. The van der Waals surface area contributed by atoms with Gasteiger partial charge in [-0.25, -0.2) is 0 Å². The lowest BCUT2D eigenvalue weighted by molar-refractivity contribution is -0.0459. The Labute approximate surface area is 113 Å². The first-order valence-corrected chi connectivity index (χ1v) is 7.40. The summed E-state index contributed by atoms with van der Waals surface area (Å²) in [7, 11) is 0. The van der Waals surface area contributed by atoms with Crippen LogP contribution < -0.4 is 0 Å². The van der Waals surface area contributed by atoms with E-state index in [0.29, 0.717) is 6.61 Å². The second-order valence-electron chi connectivity index (χ2n) is 5.60. The molecule has 0 aliphatic carbocycles. The van der Waals surface area contributed by atoms with Gasteiger partial charge in [0, 0.05) is 6.61 Å². The fourth-order valence-electron chi connectivity index (χ4n) is 1.69. The van der Waals surface area contributed by atoms with Crippen LogP contribution in [0.2, 0.25) is 0 Å². The molecule has 0 aromatic heterocycles. The Bertz CT molecular complexity index is 171. The zero-order valence-corrected chi connectivity index (χ0v) is 12.7. The van der Waals surface area contributed by atoms with Gasteiger partial charge in [0.05, 0.1) is 25.4 Å². The van der Waals surface area contributed by atoms with Gasteiger partial charge in [-0.15, -0.1) is 0 Å². The quantitative estimate of drug-likeness (QED) is 0.547. The lowest BCUT2D eigenvalue weighted by Crippen LogP contribution is -2.22. The molecular weight excluding hydrogens is 228 g/mol. The standard InChI is InChI=1S/C15H32O3/c1-13(2)9-7-5-6-8-10-17-15(4)12-18-14(3)11-16/h13-16H,5-12H2,1-4H3. The summed E-state index contributed by atoms with van der Waals surface area (Å²) < 4.78 is 11.1. The predicted molar refractivity (Wildman–Crippen MR) is 75.8 cm³/mol. The fourth-order valence-corrected chi connectivity index (χ4v) is 1.69. The summed E-state index contributed by atoms with van der Waals surface area (Å²) in [6.07, 6.45) is 6.41. The Morgan fingerprint density at radius 1 is 0.833 bits per heavy atom. The van der Waals surface area contributed by atoms with Crippen molar-refractivity contribution in [3.05, 3.63) is 0 Å². The molecule has 0 spiro atoms. The van der Waals surface area contributed by atoms with Gasteiger partial charge in [-0.05, 0) is 26.2 Å². The van der Waals surface area contributed by atoms with Crippen molar-refractivity contribution in [2.24, 2.45) is 5.92 Å². The molecular formula is C15H32O3. The molecule has 110 valence electrons. The van der Waals surface area contributed by atoms with Crippen LogP contribution in [0.1, 0.15) is 59.8 Å². The Balaban J connectivity index is 3.22. The van der Waals surface area contributed by atoms with Gasteiger partial charge in [-0.2, -0.15) is 0 Å². The van der Waals surface area contributed by atoms with Crippen molar-refractivity contribution in [1.82, 2.24) is 0 Å². The Hall–Kier alpha value is -0.120. The van der Waals surface area contributed by atoms with Crippen molar-refractivity contribution in [3.63, 3.8) is 0 Å². The van der Waals surface area contributed by atoms with Gasteiger partial charge in [0.25, 0.3) is 0 Å². The molecule has 1 N–H and O–H groups in total. The molecule has 2 unspecified atom stereocenters. The normalized spacial score (nSPS) is 15.0. The van der Waals surface area contributed by atoms with E-state index in [0.717, 1.165) is 18.9 Å². The van der Waals surface area contributed by atoms with E-state index in [4.69, 9.17) is 14.6 Å². The summed E-state index contributed by atoms with van der Waals surface area (Å²) >= 11 is 0. The van der Waals surface area contributed by atoms with Crippen LogP contribution in [-0.2, 0) is 9.47 Å². The smallest absolute Gasteiger partial charge is 0.0780 e. The van der Waals surface area contributed by atoms with E-state index in [1.807, 2.05) is 13.8 Å². The zero-order valence-electron chi connectivity index (χ0n) is 12.7. The number of ether oxygens (including phenoxy) is 2. The first kappa shape index (κ1) is 17.9. The minimum atomic E-state index is -0.0907. The third-order valence-corrected chi connectivity index (χ3v) is 2.95. The molecule has 2 atom stereocenters. The molecule has 18 heavy (non-hydrogen) atoms. The van der Waals surface area contributed by atoms with E-state index in [9.17, 15) is 0 Å².